The molecule has 0 aromatic carbocycles. The Kier molecular flexibility index (Phi) is 6.31. The minimum atomic E-state index is -0.309. The Labute approximate surface area is 135 Å². The molecule has 0 aliphatic carbocycles. The number of methoxy groups -OCH3 is 1. The van der Waals surface area contributed by atoms with Gasteiger partial charge in [-0.15, -0.1) is 0 Å². The van der Waals surface area contributed by atoms with E-state index in [0.717, 1.165) is 5.56 Å². The summed E-state index contributed by atoms with van der Waals surface area (Å²) in [5.41, 5.74) is 1.52. The zero-order chi connectivity index (χ0) is 16.5. The molecule has 0 saturated heterocycles. The van der Waals surface area contributed by atoms with Crippen LogP contribution in [0.25, 0.3) is 0 Å². The predicted octanol–water partition coefficient (Wildman–Crippen LogP) is 2.38. The summed E-state index contributed by atoms with van der Waals surface area (Å²) < 4.78 is 10.2. The SMILES string of the molecule is COCCOc1ccc(NC(=O)NC(C)c2cccnc2)cn1. The number of aromatic nitrogens is 2. The molecule has 0 aliphatic rings. The normalized spacial score (nSPS) is 11.6. The maximum absolute atomic E-state index is 12.0. The van der Waals surface area contributed by atoms with E-state index in [-0.39, 0.29) is 12.1 Å². The van der Waals surface area contributed by atoms with E-state index in [1.54, 1.807) is 31.6 Å². The second-order valence-electron chi connectivity index (χ2n) is 4.83. The third kappa shape index (κ3) is 5.55. The summed E-state index contributed by atoms with van der Waals surface area (Å²) in [4.78, 5) is 20.1. The van der Waals surface area contributed by atoms with E-state index in [2.05, 4.69) is 20.6 Å². The van der Waals surface area contributed by atoms with Gasteiger partial charge in [-0.05, 0) is 24.6 Å². The van der Waals surface area contributed by atoms with Gasteiger partial charge in [0.25, 0.3) is 0 Å². The van der Waals surface area contributed by atoms with Crippen molar-refractivity contribution in [2.24, 2.45) is 0 Å². The number of carbonyl (C=O) groups is 1. The topological polar surface area (TPSA) is 85.4 Å². The van der Waals surface area contributed by atoms with Gasteiger partial charge in [-0.2, -0.15) is 0 Å². The number of nitrogens with one attached hydrogen (secondary N) is 2. The highest BCUT2D eigenvalue weighted by atomic mass is 16.5. The first kappa shape index (κ1) is 16.7. The van der Waals surface area contributed by atoms with E-state index < -0.39 is 0 Å². The molecule has 0 bridgehead atoms. The van der Waals surface area contributed by atoms with Gasteiger partial charge in [-0.25, -0.2) is 9.78 Å². The van der Waals surface area contributed by atoms with Crippen molar-refractivity contribution in [2.45, 2.75) is 13.0 Å². The highest BCUT2D eigenvalue weighted by molar-refractivity contribution is 5.89. The molecule has 7 heteroatoms. The van der Waals surface area contributed by atoms with Crippen LogP contribution in [0.1, 0.15) is 18.5 Å². The van der Waals surface area contributed by atoms with Gasteiger partial charge in [0.2, 0.25) is 5.88 Å². The van der Waals surface area contributed by atoms with Crippen molar-refractivity contribution in [3.05, 3.63) is 48.4 Å². The lowest BCUT2D eigenvalue weighted by Crippen LogP contribution is -2.31. The van der Waals surface area contributed by atoms with Crippen molar-refractivity contribution in [3.8, 4) is 5.88 Å². The highest BCUT2D eigenvalue weighted by Crippen LogP contribution is 2.13. The lowest BCUT2D eigenvalue weighted by Gasteiger charge is -2.14. The maximum atomic E-state index is 12.0. The summed E-state index contributed by atoms with van der Waals surface area (Å²) in [6, 6.07) is 6.70. The molecule has 2 aromatic heterocycles. The molecule has 0 fully saturated rings. The second kappa shape index (κ2) is 8.70. The van der Waals surface area contributed by atoms with E-state index in [4.69, 9.17) is 9.47 Å². The van der Waals surface area contributed by atoms with Crippen LogP contribution in [0.4, 0.5) is 10.5 Å². The number of nitrogens with zero attached hydrogens (tertiary/aromatic N) is 2. The fraction of sp³-hybridized carbons (Fsp3) is 0.312. The van der Waals surface area contributed by atoms with Gasteiger partial charge in [0, 0.05) is 25.6 Å². The summed E-state index contributed by atoms with van der Waals surface area (Å²) in [5, 5.41) is 5.56. The summed E-state index contributed by atoms with van der Waals surface area (Å²) in [7, 11) is 1.61. The van der Waals surface area contributed by atoms with Crippen LogP contribution in [-0.4, -0.2) is 36.3 Å². The number of pyridine rings is 2. The van der Waals surface area contributed by atoms with Crippen molar-refractivity contribution in [2.75, 3.05) is 25.6 Å². The molecule has 1 atom stereocenters. The average molecular weight is 316 g/mol. The van der Waals surface area contributed by atoms with Gasteiger partial charge in [0.05, 0.1) is 24.5 Å². The van der Waals surface area contributed by atoms with Crippen LogP contribution >= 0.6 is 0 Å². The molecule has 0 spiro atoms. The minimum absolute atomic E-state index is 0.145. The maximum Gasteiger partial charge on any atom is 0.319 e. The van der Waals surface area contributed by atoms with Crippen LogP contribution in [0.15, 0.2) is 42.9 Å². The molecule has 2 aromatic rings. The zero-order valence-electron chi connectivity index (χ0n) is 13.2. The van der Waals surface area contributed by atoms with Gasteiger partial charge < -0.3 is 20.1 Å². The highest BCUT2D eigenvalue weighted by Gasteiger charge is 2.09. The third-order valence-electron chi connectivity index (χ3n) is 3.06. The largest absolute Gasteiger partial charge is 0.475 e. The Morgan fingerprint density at radius 2 is 2.13 bits per heavy atom. The first-order valence-corrected chi connectivity index (χ1v) is 7.24. The smallest absolute Gasteiger partial charge is 0.319 e. The van der Waals surface area contributed by atoms with E-state index in [9.17, 15) is 4.79 Å². The van der Waals surface area contributed by atoms with Crippen LogP contribution in [0.2, 0.25) is 0 Å². The van der Waals surface area contributed by atoms with E-state index in [1.807, 2.05) is 19.1 Å². The molecular weight excluding hydrogens is 296 g/mol. The van der Waals surface area contributed by atoms with Crippen molar-refractivity contribution in [3.63, 3.8) is 0 Å². The summed E-state index contributed by atoms with van der Waals surface area (Å²) >= 11 is 0. The summed E-state index contributed by atoms with van der Waals surface area (Å²) in [6.45, 7) is 2.82. The van der Waals surface area contributed by atoms with Crippen LogP contribution in [-0.2, 0) is 4.74 Å². The number of hydrogen-bond acceptors (Lipinski definition) is 5. The van der Waals surface area contributed by atoms with Crippen molar-refractivity contribution in [1.29, 1.82) is 0 Å². The Hall–Kier alpha value is -2.67. The molecule has 2 N–H and O–H groups in total. The number of hydrogen-bond donors (Lipinski definition) is 2. The molecule has 2 amide bonds. The monoisotopic (exact) mass is 316 g/mol. The molecule has 0 saturated carbocycles. The molecule has 23 heavy (non-hydrogen) atoms. The standard InChI is InChI=1S/C16H20N4O3/c1-12(13-4-3-7-17-10-13)19-16(21)20-14-5-6-15(18-11-14)23-9-8-22-2/h3-7,10-12H,8-9H2,1-2H3,(H2,19,20,21). The number of amides is 2. The van der Waals surface area contributed by atoms with Gasteiger partial charge in [0.15, 0.2) is 0 Å². The number of carbonyl (C=O) groups excluding carboxylic acids is 1. The quantitative estimate of drug-likeness (QED) is 0.766. The first-order chi connectivity index (χ1) is 11.2. The van der Waals surface area contributed by atoms with Crippen LogP contribution < -0.4 is 15.4 Å². The van der Waals surface area contributed by atoms with Gasteiger partial charge in [-0.1, -0.05) is 6.07 Å². The molecule has 0 aliphatic heterocycles. The van der Waals surface area contributed by atoms with Crippen molar-refractivity contribution < 1.29 is 14.3 Å². The molecular formula is C16H20N4O3. The minimum Gasteiger partial charge on any atom is -0.475 e. The average Bonchev–Trinajstić information content (AvgIpc) is 2.57. The lowest BCUT2D eigenvalue weighted by molar-refractivity contribution is 0.144. The van der Waals surface area contributed by atoms with E-state index in [0.29, 0.717) is 24.8 Å². The number of urea groups is 1. The fourth-order valence-electron chi connectivity index (χ4n) is 1.85. The van der Waals surface area contributed by atoms with Crippen molar-refractivity contribution >= 4 is 11.7 Å². The molecule has 0 radical (unpaired) electrons. The molecule has 2 heterocycles. The lowest BCUT2D eigenvalue weighted by atomic mass is 10.1. The van der Waals surface area contributed by atoms with Crippen LogP contribution in [0, 0.1) is 0 Å². The fourth-order valence-corrected chi connectivity index (χ4v) is 1.85. The first-order valence-electron chi connectivity index (χ1n) is 7.24. The van der Waals surface area contributed by atoms with Gasteiger partial charge >= 0.3 is 6.03 Å². The predicted molar refractivity (Wildman–Crippen MR) is 86.4 cm³/mol. The van der Waals surface area contributed by atoms with E-state index in [1.165, 1.54) is 6.20 Å². The molecule has 7 nitrogen and oxygen atoms in total. The Morgan fingerprint density at radius 1 is 1.26 bits per heavy atom. The third-order valence-corrected chi connectivity index (χ3v) is 3.06. The Morgan fingerprint density at radius 3 is 2.78 bits per heavy atom. The van der Waals surface area contributed by atoms with Gasteiger partial charge in [-0.3, -0.25) is 4.98 Å². The van der Waals surface area contributed by atoms with Crippen LogP contribution in [0.5, 0.6) is 5.88 Å². The van der Waals surface area contributed by atoms with Crippen molar-refractivity contribution in [1.82, 2.24) is 15.3 Å². The molecule has 2 rings (SSSR count). The Balaban J connectivity index is 1.83. The number of rotatable bonds is 7. The summed E-state index contributed by atoms with van der Waals surface area (Å²) in [6.07, 6.45) is 4.95. The Bertz CT molecular complexity index is 604. The molecule has 122 valence electrons. The molecule has 1 unspecified atom stereocenters. The van der Waals surface area contributed by atoms with E-state index >= 15 is 0 Å². The number of anilines is 1. The van der Waals surface area contributed by atoms with Crippen LogP contribution in [0.3, 0.4) is 0 Å². The number of ether oxygens (including phenoxy) is 2. The summed E-state index contributed by atoms with van der Waals surface area (Å²) in [5.74, 6) is 0.483. The zero-order valence-corrected chi connectivity index (χ0v) is 13.2. The second-order valence-corrected chi connectivity index (χ2v) is 4.83. The van der Waals surface area contributed by atoms with Gasteiger partial charge in [0.1, 0.15) is 6.61 Å².